The number of para-hydroxylation sites is 1. The van der Waals surface area contributed by atoms with Crippen molar-refractivity contribution in [2.75, 3.05) is 11.9 Å². The van der Waals surface area contributed by atoms with Gasteiger partial charge in [0.1, 0.15) is 5.69 Å². The zero-order chi connectivity index (χ0) is 16.1. The number of fused-ring (bicyclic) bond motifs is 1. The second-order valence-corrected chi connectivity index (χ2v) is 5.62. The number of hydrogen-bond acceptors (Lipinski definition) is 4. The van der Waals surface area contributed by atoms with E-state index in [1.165, 1.54) is 12.0 Å². The van der Waals surface area contributed by atoms with Crippen molar-refractivity contribution in [2.24, 2.45) is 0 Å². The molecular weight excluding hydrogens is 292 g/mol. The molecule has 0 saturated carbocycles. The summed E-state index contributed by atoms with van der Waals surface area (Å²) in [5, 5.41) is 3.39. The third-order valence-corrected chi connectivity index (χ3v) is 4.00. The fourth-order valence-electron chi connectivity index (χ4n) is 2.94. The van der Waals surface area contributed by atoms with Gasteiger partial charge in [-0.25, -0.2) is 4.79 Å². The van der Waals surface area contributed by atoms with E-state index in [9.17, 15) is 4.79 Å². The van der Waals surface area contributed by atoms with Crippen molar-refractivity contribution in [2.45, 2.75) is 39.0 Å². The molecule has 1 aliphatic carbocycles. The van der Waals surface area contributed by atoms with Crippen molar-refractivity contribution < 1.29 is 14.3 Å². The summed E-state index contributed by atoms with van der Waals surface area (Å²) in [7, 11) is 0. The number of nitrogens with one attached hydrogen (secondary N) is 2. The first-order valence-electron chi connectivity index (χ1n) is 8.18. The van der Waals surface area contributed by atoms with Crippen LogP contribution in [0.3, 0.4) is 0 Å². The van der Waals surface area contributed by atoms with E-state index in [4.69, 9.17) is 9.47 Å². The Labute approximate surface area is 136 Å². The van der Waals surface area contributed by atoms with Gasteiger partial charge in [-0.1, -0.05) is 24.6 Å². The molecule has 0 amide bonds. The maximum atomic E-state index is 11.7. The van der Waals surface area contributed by atoms with Gasteiger partial charge in [0.25, 0.3) is 0 Å². The molecule has 0 saturated heterocycles. The van der Waals surface area contributed by atoms with E-state index in [2.05, 4.69) is 10.3 Å². The molecular formula is C18H22N2O3. The summed E-state index contributed by atoms with van der Waals surface area (Å²) < 4.78 is 10.3. The fourth-order valence-corrected chi connectivity index (χ4v) is 2.94. The maximum Gasteiger partial charge on any atom is 0.515 e. The maximum absolute atomic E-state index is 11.7. The van der Waals surface area contributed by atoms with Crippen LogP contribution in [0, 0.1) is 0 Å². The van der Waals surface area contributed by atoms with E-state index < -0.39 is 6.16 Å². The van der Waals surface area contributed by atoms with E-state index >= 15 is 0 Å². The molecule has 23 heavy (non-hydrogen) atoms. The Balaban J connectivity index is 1.92. The number of anilines is 2. The van der Waals surface area contributed by atoms with Crippen molar-refractivity contribution in [3.63, 3.8) is 0 Å². The van der Waals surface area contributed by atoms with Crippen LogP contribution in [0.1, 0.15) is 37.4 Å². The van der Waals surface area contributed by atoms with Crippen LogP contribution in [0.25, 0.3) is 0 Å². The van der Waals surface area contributed by atoms with Crippen molar-refractivity contribution >= 4 is 17.5 Å². The van der Waals surface area contributed by atoms with Gasteiger partial charge < -0.3 is 19.8 Å². The molecule has 2 aromatic rings. The average Bonchev–Trinajstić information content (AvgIpc) is 2.73. The number of ether oxygens (including phenoxy) is 2. The van der Waals surface area contributed by atoms with Crippen molar-refractivity contribution in [1.29, 1.82) is 0 Å². The Kier molecular flexibility index (Phi) is 4.86. The second-order valence-electron chi connectivity index (χ2n) is 5.62. The molecule has 0 aliphatic heterocycles. The number of aromatic nitrogens is 1. The van der Waals surface area contributed by atoms with Gasteiger partial charge in [-0.05, 0) is 44.7 Å². The number of aryl methyl sites for hydroxylation is 1. The number of aromatic amines is 1. The lowest BCUT2D eigenvalue weighted by Gasteiger charge is -2.10. The minimum absolute atomic E-state index is 0.292. The van der Waals surface area contributed by atoms with Crippen LogP contribution in [-0.4, -0.2) is 17.7 Å². The lowest BCUT2D eigenvalue weighted by molar-refractivity contribution is 0.103. The number of carbonyl (C=O) groups excluding carboxylic acids is 1. The molecule has 5 nitrogen and oxygen atoms in total. The van der Waals surface area contributed by atoms with Gasteiger partial charge in [-0.2, -0.15) is 0 Å². The number of H-pyrrole nitrogens is 1. The summed E-state index contributed by atoms with van der Waals surface area (Å²) in [5.41, 5.74) is 4.18. The highest BCUT2D eigenvalue weighted by molar-refractivity contribution is 5.74. The number of carbonyl (C=O) groups is 1. The van der Waals surface area contributed by atoms with E-state index in [0.717, 1.165) is 42.8 Å². The first kappa shape index (κ1) is 15.5. The van der Waals surface area contributed by atoms with Crippen molar-refractivity contribution in [3.05, 3.63) is 41.6 Å². The Hall–Kier alpha value is -2.43. The average molecular weight is 314 g/mol. The third kappa shape index (κ3) is 3.67. The zero-order valence-corrected chi connectivity index (χ0v) is 13.4. The minimum Gasteiger partial charge on any atom is -0.434 e. The SMILES string of the molecule is CCOC(=O)Oc1[nH]c2c(c1Nc1ccccc1)CCCCC2. The van der Waals surface area contributed by atoms with E-state index in [1.54, 1.807) is 6.92 Å². The second kappa shape index (κ2) is 7.22. The molecule has 1 aliphatic rings. The molecule has 0 fully saturated rings. The van der Waals surface area contributed by atoms with E-state index in [0.29, 0.717) is 12.5 Å². The highest BCUT2D eigenvalue weighted by Gasteiger charge is 2.22. The van der Waals surface area contributed by atoms with E-state index in [1.807, 2.05) is 30.3 Å². The molecule has 0 radical (unpaired) electrons. The van der Waals surface area contributed by atoms with Crippen LogP contribution in [0.5, 0.6) is 5.88 Å². The van der Waals surface area contributed by atoms with Crippen LogP contribution in [0.2, 0.25) is 0 Å². The molecule has 5 heteroatoms. The van der Waals surface area contributed by atoms with Crippen molar-refractivity contribution in [3.8, 4) is 5.88 Å². The molecule has 1 aromatic heterocycles. The standard InChI is InChI=1S/C18H22N2O3/c1-2-22-18(21)23-17-16(19-13-9-5-3-6-10-13)14-11-7-4-8-12-15(14)20-17/h3,5-6,9-10,19-20H,2,4,7-8,11-12H2,1H3. The Bertz CT molecular complexity index is 664. The largest absolute Gasteiger partial charge is 0.515 e. The monoisotopic (exact) mass is 314 g/mol. The van der Waals surface area contributed by atoms with Crippen LogP contribution in [-0.2, 0) is 17.6 Å². The highest BCUT2D eigenvalue weighted by Crippen LogP contribution is 2.37. The number of benzene rings is 1. The number of hydrogen-bond donors (Lipinski definition) is 2. The molecule has 1 aromatic carbocycles. The summed E-state index contributed by atoms with van der Waals surface area (Å²) in [4.78, 5) is 15.0. The Morgan fingerprint density at radius 1 is 1.17 bits per heavy atom. The molecule has 0 bridgehead atoms. The van der Waals surface area contributed by atoms with Gasteiger partial charge in [0, 0.05) is 16.9 Å². The van der Waals surface area contributed by atoms with Gasteiger partial charge in [-0.15, -0.1) is 0 Å². The predicted molar refractivity (Wildman–Crippen MR) is 89.4 cm³/mol. The summed E-state index contributed by atoms with van der Waals surface area (Å²) in [6, 6.07) is 9.90. The van der Waals surface area contributed by atoms with Gasteiger partial charge in [0.15, 0.2) is 0 Å². The summed E-state index contributed by atoms with van der Waals surface area (Å²) in [6.07, 6.45) is 4.80. The summed E-state index contributed by atoms with van der Waals surface area (Å²) in [5.74, 6) is 0.444. The van der Waals surface area contributed by atoms with Crippen LogP contribution in [0.15, 0.2) is 30.3 Å². The van der Waals surface area contributed by atoms with E-state index in [-0.39, 0.29) is 0 Å². The molecule has 0 atom stereocenters. The predicted octanol–water partition coefficient (Wildman–Crippen LogP) is 4.56. The van der Waals surface area contributed by atoms with Crippen LogP contribution < -0.4 is 10.1 Å². The van der Waals surface area contributed by atoms with Gasteiger partial charge in [-0.3, -0.25) is 0 Å². The molecule has 2 N–H and O–H groups in total. The fraction of sp³-hybridized carbons (Fsp3) is 0.389. The summed E-state index contributed by atoms with van der Waals surface area (Å²) >= 11 is 0. The number of rotatable bonds is 4. The highest BCUT2D eigenvalue weighted by atomic mass is 16.7. The van der Waals surface area contributed by atoms with Crippen LogP contribution in [0.4, 0.5) is 16.2 Å². The third-order valence-electron chi connectivity index (χ3n) is 4.00. The lowest BCUT2D eigenvalue weighted by atomic mass is 10.1. The lowest BCUT2D eigenvalue weighted by Crippen LogP contribution is -2.11. The van der Waals surface area contributed by atoms with Crippen LogP contribution >= 0.6 is 0 Å². The molecule has 0 unspecified atom stereocenters. The normalized spacial score (nSPS) is 13.8. The summed E-state index contributed by atoms with van der Waals surface area (Å²) in [6.45, 7) is 2.05. The molecule has 0 spiro atoms. The van der Waals surface area contributed by atoms with Crippen molar-refractivity contribution in [1.82, 2.24) is 4.98 Å². The Morgan fingerprint density at radius 3 is 2.74 bits per heavy atom. The zero-order valence-electron chi connectivity index (χ0n) is 13.4. The Morgan fingerprint density at radius 2 is 1.96 bits per heavy atom. The molecule has 122 valence electrons. The first-order valence-corrected chi connectivity index (χ1v) is 8.18. The molecule has 1 heterocycles. The molecule has 3 rings (SSSR count). The van der Waals surface area contributed by atoms with Gasteiger partial charge >= 0.3 is 6.16 Å². The topological polar surface area (TPSA) is 63.4 Å². The smallest absolute Gasteiger partial charge is 0.434 e. The minimum atomic E-state index is -0.681. The first-order chi connectivity index (χ1) is 11.3. The quantitative estimate of drug-likeness (QED) is 0.641. The van der Waals surface area contributed by atoms with Gasteiger partial charge in [0.05, 0.1) is 6.61 Å². The van der Waals surface area contributed by atoms with Gasteiger partial charge in [0.2, 0.25) is 5.88 Å².